The summed E-state index contributed by atoms with van der Waals surface area (Å²) in [6.07, 6.45) is 0.991. The molecule has 0 atom stereocenters. The number of carbonyl (C=O) groups is 1. The Morgan fingerprint density at radius 3 is 2.00 bits per heavy atom. The average Bonchev–Trinajstić information content (AvgIpc) is 1.92. The fourth-order valence-electron chi connectivity index (χ4n) is 0.818. The molecule has 0 saturated heterocycles. The van der Waals surface area contributed by atoms with Crippen LogP contribution in [-0.2, 0) is 4.79 Å². The quantitative estimate of drug-likeness (QED) is 0.388. The molecule has 0 aromatic rings. The topological polar surface area (TPSA) is 75.3 Å². The van der Waals surface area contributed by atoms with Crippen LogP contribution in [-0.4, -0.2) is 16.6 Å². The number of rotatable bonds is 4. The minimum Gasteiger partial charge on any atom is -0.480 e. The van der Waals surface area contributed by atoms with E-state index in [4.69, 9.17) is 10.9 Å². The second kappa shape index (κ2) is 3.53. The van der Waals surface area contributed by atoms with Crippen molar-refractivity contribution in [2.24, 2.45) is 5.84 Å². The normalized spacial score (nSPS) is 11.5. The lowest BCUT2D eigenvalue weighted by Gasteiger charge is -2.24. The Bertz CT molecular complexity index is 113. The summed E-state index contributed by atoms with van der Waals surface area (Å²) in [6, 6.07) is 0. The molecule has 0 heterocycles. The number of hydrogen-bond acceptors (Lipinski definition) is 3. The molecule has 0 rings (SSSR count). The van der Waals surface area contributed by atoms with E-state index in [0.29, 0.717) is 12.8 Å². The number of nitrogens with one attached hydrogen (secondary N) is 1. The first-order valence-corrected chi connectivity index (χ1v) is 3.34. The second-order valence-electron chi connectivity index (χ2n) is 2.24. The van der Waals surface area contributed by atoms with Gasteiger partial charge >= 0.3 is 5.97 Å². The van der Waals surface area contributed by atoms with E-state index in [-0.39, 0.29) is 0 Å². The molecule has 0 fully saturated rings. The lowest BCUT2D eigenvalue weighted by atomic mass is 9.94. The number of carboxylic acids is 1. The summed E-state index contributed by atoms with van der Waals surface area (Å²) in [5.74, 6) is 4.21. The van der Waals surface area contributed by atoms with Crippen molar-refractivity contribution in [2.45, 2.75) is 32.2 Å². The van der Waals surface area contributed by atoms with E-state index < -0.39 is 11.5 Å². The first kappa shape index (κ1) is 9.39. The molecule has 4 N–H and O–H groups in total. The van der Waals surface area contributed by atoms with Gasteiger partial charge in [0.25, 0.3) is 0 Å². The van der Waals surface area contributed by atoms with Crippen LogP contribution in [0.4, 0.5) is 0 Å². The average molecular weight is 146 g/mol. The summed E-state index contributed by atoms with van der Waals surface area (Å²) in [4.78, 5) is 10.6. The molecule has 0 radical (unpaired) electrons. The second-order valence-corrected chi connectivity index (χ2v) is 2.24. The maximum atomic E-state index is 10.6. The highest BCUT2D eigenvalue weighted by atomic mass is 16.4. The van der Waals surface area contributed by atoms with Crippen molar-refractivity contribution in [3.63, 3.8) is 0 Å². The van der Waals surface area contributed by atoms with Crippen LogP contribution in [0, 0.1) is 0 Å². The van der Waals surface area contributed by atoms with Gasteiger partial charge in [-0.25, -0.2) is 5.43 Å². The van der Waals surface area contributed by atoms with Gasteiger partial charge in [-0.05, 0) is 12.8 Å². The summed E-state index contributed by atoms with van der Waals surface area (Å²) >= 11 is 0. The molecule has 0 saturated carbocycles. The largest absolute Gasteiger partial charge is 0.480 e. The summed E-state index contributed by atoms with van der Waals surface area (Å²) < 4.78 is 0. The van der Waals surface area contributed by atoms with Crippen LogP contribution in [0.5, 0.6) is 0 Å². The van der Waals surface area contributed by atoms with Crippen LogP contribution in [0.3, 0.4) is 0 Å². The highest BCUT2D eigenvalue weighted by Gasteiger charge is 2.32. The molecule has 0 aliphatic carbocycles. The van der Waals surface area contributed by atoms with Gasteiger partial charge in [0.2, 0.25) is 0 Å². The molecule has 10 heavy (non-hydrogen) atoms. The van der Waals surface area contributed by atoms with Crippen molar-refractivity contribution in [1.82, 2.24) is 5.43 Å². The van der Waals surface area contributed by atoms with Gasteiger partial charge in [0.15, 0.2) is 0 Å². The standard InChI is InChI=1S/C6H14N2O2/c1-3-6(4-2,8-7)5(9)10/h8H,3-4,7H2,1-2H3,(H,9,10). The van der Waals surface area contributed by atoms with Gasteiger partial charge in [0.1, 0.15) is 5.54 Å². The number of nitrogens with two attached hydrogens (primary N) is 1. The maximum absolute atomic E-state index is 10.6. The first-order chi connectivity index (χ1) is 4.63. The zero-order chi connectivity index (χ0) is 8.20. The van der Waals surface area contributed by atoms with Crippen LogP contribution in [0.1, 0.15) is 26.7 Å². The maximum Gasteiger partial charge on any atom is 0.325 e. The summed E-state index contributed by atoms with van der Waals surface area (Å²) in [5.41, 5.74) is 1.38. The number of hydrazine groups is 1. The van der Waals surface area contributed by atoms with E-state index in [0.717, 1.165) is 0 Å². The lowest BCUT2D eigenvalue weighted by Crippen LogP contribution is -2.54. The third-order valence-electron chi connectivity index (χ3n) is 1.89. The van der Waals surface area contributed by atoms with Crippen LogP contribution in [0.15, 0.2) is 0 Å². The zero-order valence-corrected chi connectivity index (χ0v) is 6.35. The van der Waals surface area contributed by atoms with Gasteiger partial charge < -0.3 is 5.11 Å². The van der Waals surface area contributed by atoms with E-state index in [1.54, 1.807) is 13.8 Å². The van der Waals surface area contributed by atoms with Crippen molar-refractivity contribution in [3.8, 4) is 0 Å². The predicted octanol–water partition coefficient (Wildman–Crippen LogP) is 0.0931. The third-order valence-corrected chi connectivity index (χ3v) is 1.89. The van der Waals surface area contributed by atoms with Gasteiger partial charge in [-0.2, -0.15) is 0 Å². The summed E-state index contributed by atoms with van der Waals surface area (Å²) in [7, 11) is 0. The van der Waals surface area contributed by atoms with E-state index in [9.17, 15) is 4.79 Å². The molecule has 0 unspecified atom stereocenters. The monoisotopic (exact) mass is 146 g/mol. The zero-order valence-electron chi connectivity index (χ0n) is 6.35. The molecule has 4 heteroatoms. The van der Waals surface area contributed by atoms with Gasteiger partial charge in [0, 0.05) is 0 Å². The van der Waals surface area contributed by atoms with Gasteiger partial charge in [-0.3, -0.25) is 10.6 Å². The fourth-order valence-corrected chi connectivity index (χ4v) is 0.818. The van der Waals surface area contributed by atoms with E-state index >= 15 is 0 Å². The Balaban J connectivity index is 4.31. The van der Waals surface area contributed by atoms with Crippen molar-refractivity contribution in [1.29, 1.82) is 0 Å². The first-order valence-electron chi connectivity index (χ1n) is 3.34. The van der Waals surface area contributed by atoms with E-state index in [2.05, 4.69) is 5.43 Å². The molecular formula is C6H14N2O2. The molecule has 0 aromatic heterocycles. The fraction of sp³-hybridized carbons (Fsp3) is 0.833. The molecule has 0 aromatic carbocycles. The van der Waals surface area contributed by atoms with Gasteiger partial charge in [0.05, 0.1) is 0 Å². The summed E-state index contributed by atoms with van der Waals surface area (Å²) in [6.45, 7) is 3.58. The predicted molar refractivity (Wildman–Crippen MR) is 38.3 cm³/mol. The third kappa shape index (κ3) is 1.46. The highest BCUT2D eigenvalue weighted by molar-refractivity contribution is 5.78. The molecule has 0 bridgehead atoms. The molecule has 0 aliphatic rings. The Kier molecular flexibility index (Phi) is 3.32. The van der Waals surface area contributed by atoms with Gasteiger partial charge in [-0.15, -0.1) is 0 Å². The Morgan fingerprint density at radius 1 is 1.60 bits per heavy atom. The Labute approximate surface area is 60.4 Å². The van der Waals surface area contributed by atoms with E-state index in [1.807, 2.05) is 0 Å². The van der Waals surface area contributed by atoms with Crippen molar-refractivity contribution >= 4 is 5.97 Å². The smallest absolute Gasteiger partial charge is 0.325 e. The Hall–Kier alpha value is -0.610. The molecule has 4 nitrogen and oxygen atoms in total. The number of hydrogen-bond donors (Lipinski definition) is 3. The summed E-state index contributed by atoms with van der Waals surface area (Å²) in [5, 5.41) is 8.68. The SMILES string of the molecule is CCC(CC)(NN)C(=O)O. The van der Waals surface area contributed by atoms with Gasteiger partial charge in [-0.1, -0.05) is 13.8 Å². The molecule has 0 aliphatic heterocycles. The molecule has 0 spiro atoms. The van der Waals surface area contributed by atoms with E-state index in [1.165, 1.54) is 0 Å². The van der Waals surface area contributed by atoms with Crippen molar-refractivity contribution < 1.29 is 9.90 Å². The van der Waals surface area contributed by atoms with Crippen LogP contribution < -0.4 is 11.3 Å². The van der Waals surface area contributed by atoms with Crippen LogP contribution in [0.25, 0.3) is 0 Å². The minimum absolute atomic E-state index is 0.495. The molecular weight excluding hydrogens is 132 g/mol. The number of aliphatic carboxylic acids is 1. The Morgan fingerprint density at radius 2 is 2.00 bits per heavy atom. The molecule has 60 valence electrons. The van der Waals surface area contributed by atoms with Crippen molar-refractivity contribution in [3.05, 3.63) is 0 Å². The lowest BCUT2D eigenvalue weighted by molar-refractivity contribution is -0.145. The highest BCUT2D eigenvalue weighted by Crippen LogP contribution is 2.12. The minimum atomic E-state index is -0.931. The molecule has 0 amide bonds. The van der Waals surface area contributed by atoms with Crippen molar-refractivity contribution in [2.75, 3.05) is 0 Å². The van der Waals surface area contributed by atoms with Crippen LogP contribution in [0.2, 0.25) is 0 Å². The van der Waals surface area contributed by atoms with Crippen LogP contribution >= 0.6 is 0 Å². The number of carboxylic acid groups (broad SMARTS) is 1.